The summed E-state index contributed by atoms with van der Waals surface area (Å²) < 4.78 is 22.8. The third-order valence-electron chi connectivity index (χ3n) is 3.74. The summed E-state index contributed by atoms with van der Waals surface area (Å²) in [4.78, 5) is 25.1. The van der Waals surface area contributed by atoms with Crippen molar-refractivity contribution in [3.63, 3.8) is 0 Å². The lowest BCUT2D eigenvalue weighted by Crippen LogP contribution is -2.42. The molecule has 0 aromatic heterocycles. The molecule has 1 aromatic carbocycles. The van der Waals surface area contributed by atoms with Crippen LogP contribution in [0.1, 0.15) is 23.7 Å². The Bertz CT molecular complexity index is 665. The second-order valence-electron chi connectivity index (χ2n) is 5.34. The molecule has 7 heteroatoms. The molecule has 1 aliphatic heterocycles. The third-order valence-corrected chi connectivity index (χ3v) is 4.87. The van der Waals surface area contributed by atoms with E-state index in [1.807, 2.05) is 0 Å². The molecule has 0 bridgehead atoms. The Labute approximate surface area is 123 Å². The Balaban J connectivity index is 2.26. The second kappa shape index (κ2) is 5.48. The monoisotopic (exact) mass is 311 g/mol. The fourth-order valence-electron chi connectivity index (χ4n) is 2.56. The average molecular weight is 311 g/mol. The Morgan fingerprint density at radius 1 is 1.24 bits per heavy atom. The predicted molar refractivity (Wildman–Crippen MR) is 75.8 cm³/mol. The zero-order valence-corrected chi connectivity index (χ0v) is 12.6. The van der Waals surface area contributed by atoms with Gasteiger partial charge in [-0.25, -0.2) is 13.2 Å². The van der Waals surface area contributed by atoms with Crippen LogP contribution in [0.15, 0.2) is 29.2 Å². The van der Waals surface area contributed by atoms with E-state index in [4.69, 9.17) is 0 Å². The summed E-state index contributed by atoms with van der Waals surface area (Å²) in [5.74, 6) is -1.49. The molecule has 0 spiro atoms. The Hall–Kier alpha value is -1.89. The summed E-state index contributed by atoms with van der Waals surface area (Å²) in [6.45, 7) is 2.20. The van der Waals surface area contributed by atoms with Crippen LogP contribution in [-0.4, -0.2) is 49.1 Å². The minimum atomic E-state index is -3.32. The van der Waals surface area contributed by atoms with Gasteiger partial charge in [-0.3, -0.25) is 4.79 Å². The number of aliphatic carboxylic acids is 1. The lowest BCUT2D eigenvalue weighted by molar-refractivity contribution is -0.142. The van der Waals surface area contributed by atoms with E-state index in [1.54, 1.807) is 6.92 Å². The molecule has 1 amide bonds. The number of carboxylic acids is 1. The minimum Gasteiger partial charge on any atom is -0.480 e. The van der Waals surface area contributed by atoms with Crippen LogP contribution >= 0.6 is 0 Å². The molecule has 0 aliphatic carbocycles. The molecule has 2 unspecified atom stereocenters. The number of likely N-dealkylation sites (tertiary alicyclic amines) is 1. The maximum Gasteiger partial charge on any atom is 0.326 e. The molecule has 1 aliphatic rings. The highest BCUT2D eigenvalue weighted by molar-refractivity contribution is 7.90. The predicted octanol–water partition coefficient (Wildman–Crippen LogP) is 1.03. The van der Waals surface area contributed by atoms with Gasteiger partial charge in [-0.2, -0.15) is 0 Å². The summed E-state index contributed by atoms with van der Waals surface area (Å²) in [7, 11) is -3.32. The van der Waals surface area contributed by atoms with Crippen LogP contribution in [0.3, 0.4) is 0 Å². The van der Waals surface area contributed by atoms with Crippen molar-refractivity contribution in [2.75, 3.05) is 12.8 Å². The summed E-state index contributed by atoms with van der Waals surface area (Å²) >= 11 is 0. The Morgan fingerprint density at radius 3 is 2.29 bits per heavy atom. The largest absolute Gasteiger partial charge is 0.480 e. The smallest absolute Gasteiger partial charge is 0.326 e. The number of benzene rings is 1. The van der Waals surface area contributed by atoms with E-state index < -0.39 is 21.8 Å². The van der Waals surface area contributed by atoms with Gasteiger partial charge in [0.25, 0.3) is 5.91 Å². The molecular weight excluding hydrogens is 294 g/mol. The van der Waals surface area contributed by atoms with Gasteiger partial charge in [0.2, 0.25) is 0 Å². The number of nitrogens with zero attached hydrogens (tertiary/aromatic N) is 1. The van der Waals surface area contributed by atoms with Crippen LogP contribution in [0.25, 0.3) is 0 Å². The van der Waals surface area contributed by atoms with E-state index in [1.165, 1.54) is 29.2 Å². The van der Waals surface area contributed by atoms with Gasteiger partial charge in [-0.15, -0.1) is 0 Å². The third kappa shape index (κ3) is 3.07. The number of rotatable bonds is 3. The molecule has 1 aromatic rings. The topological polar surface area (TPSA) is 91.8 Å². The normalized spacial score (nSPS) is 22.3. The molecular formula is C14H17NO5S. The fraction of sp³-hybridized carbons (Fsp3) is 0.429. The van der Waals surface area contributed by atoms with Crippen molar-refractivity contribution in [2.24, 2.45) is 5.92 Å². The molecule has 2 atom stereocenters. The van der Waals surface area contributed by atoms with Gasteiger partial charge >= 0.3 is 5.97 Å². The van der Waals surface area contributed by atoms with E-state index in [9.17, 15) is 23.1 Å². The van der Waals surface area contributed by atoms with Crippen LogP contribution in [0.5, 0.6) is 0 Å². The Morgan fingerprint density at radius 2 is 1.81 bits per heavy atom. The molecule has 21 heavy (non-hydrogen) atoms. The summed E-state index contributed by atoms with van der Waals surface area (Å²) in [5, 5.41) is 9.23. The summed E-state index contributed by atoms with van der Waals surface area (Å²) in [6, 6.07) is 4.73. The van der Waals surface area contributed by atoms with Gasteiger partial charge in [0.1, 0.15) is 6.04 Å². The first-order valence-corrected chi connectivity index (χ1v) is 8.45. The molecule has 0 radical (unpaired) electrons. The molecule has 1 N–H and O–H groups in total. The van der Waals surface area contributed by atoms with Crippen molar-refractivity contribution < 1.29 is 23.1 Å². The number of hydrogen-bond donors (Lipinski definition) is 1. The lowest BCUT2D eigenvalue weighted by Gasteiger charge is -2.23. The number of sulfone groups is 1. The number of carboxylic acid groups (broad SMARTS) is 1. The van der Waals surface area contributed by atoms with Gasteiger partial charge < -0.3 is 10.0 Å². The number of amides is 1. The molecule has 2 rings (SSSR count). The van der Waals surface area contributed by atoms with Crippen LogP contribution < -0.4 is 0 Å². The van der Waals surface area contributed by atoms with Crippen molar-refractivity contribution in [1.82, 2.24) is 4.90 Å². The first-order valence-electron chi connectivity index (χ1n) is 6.55. The van der Waals surface area contributed by atoms with Crippen molar-refractivity contribution in [3.8, 4) is 0 Å². The molecule has 1 heterocycles. The molecule has 1 saturated heterocycles. The maximum atomic E-state index is 12.4. The second-order valence-corrected chi connectivity index (χ2v) is 7.36. The van der Waals surface area contributed by atoms with Gasteiger partial charge in [0, 0.05) is 18.4 Å². The molecule has 6 nitrogen and oxygen atoms in total. The highest BCUT2D eigenvalue weighted by atomic mass is 32.2. The van der Waals surface area contributed by atoms with E-state index in [0.29, 0.717) is 18.5 Å². The van der Waals surface area contributed by atoms with Crippen molar-refractivity contribution >= 4 is 21.7 Å². The highest BCUT2D eigenvalue weighted by Crippen LogP contribution is 2.26. The number of hydrogen-bond acceptors (Lipinski definition) is 4. The van der Waals surface area contributed by atoms with E-state index in [2.05, 4.69) is 0 Å². The zero-order chi connectivity index (χ0) is 15.8. The number of carbonyl (C=O) groups is 2. The van der Waals surface area contributed by atoms with Crippen molar-refractivity contribution in [2.45, 2.75) is 24.3 Å². The maximum absolute atomic E-state index is 12.4. The molecule has 1 fully saturated rings. The SMILES string of the molecule is CC1CCN(C(=O)c2ccc(S(C)(=O)=O)cc2)C1C(=O)O. The van der Waals surface area contributed by atoms with Crippen LogP contribution in [0.4, 0.5) is 0 Å². The first kappa shape index (κ1) is 15.5. The van der Waals surface area contributed by atoms with Gasteiger partial charge in [0.15, 0.2) is 9.84 Å². The molecule has 114 valence electrons. The van der Waals surface area contributed by atoms with E-state index >= 15 is 0 Å². The summed E-state index contributed by atoms with van der Waals surface area (Å²) in [5.41, 5.74) is 0.294. The van der Waals surface area contributed by atoms with Crippen LogP contribution in [0.2, 0.25) is 0 Å². The van der Waals surface area contributed by atoms with Crippen molar-refractivity contribution in [3.05, 3.63) is 29.8 Å². The average Bonchev–Trinajstić information content (AvgIpc) is 2.79. The van der Waals surface area contributed by atoms with Gasteiger partial charge in [0.05, 0.1) is 4.90 Å². The number of carbonyl (C=O) groups excluding carboxylic acids is 1. The minimum absolute atomic E-state index is 0.0956. The highest BCUT2D eigenvalue weighted by Gasteiger charge is 2.39. The van der Waals surface area contributed by atoms with Gasteiger partial charge in [-0.05, 0) is 36.6 Å². The van der Waals surface area contributed by atoms with E-state index in [0.717, 1.165) is 6.26 Å². The Kier molecular flexibility index (Phi) is 4.04. The summed E-state index contributed by atoms with van der Waals surface area (Å²) in [6.07, 6.45) is 1.73. The van der Waals surface area contributed by atoms with Gasteiger partial charge in [-0.1, -0.05) is 6.92 Å². The van der Waals surface area contributed by atoms with E-state index in [-0.39, 0.29) is 16.7 Å². The fourth-order valence-corrected chi connectivity index (χ4v) is 3.19. The first-order chi connectivity index (χ1) is 9.71. The quantitative estimate of drug-likeness (QED) is 0.900. The van der Waals surface area contributed by atoms with Crippen molar-refractivity contribution in [1.29, 1.82) is 0 Å². The van der Waals surface area contributed by atoms with Crippen LogP contribution in [-0.2, 0) is 14.6 Å². The van der Waals surface area contributed by atoms with Crippen LogP contribution in [0, 0.1) is 5.92 Å². The zero-order valence-electron chi connectivity index (χ0n) is 11.8. The molecule has 0 saturated carbocycles. The lowest BCUT2D eigenvalue weighted by atomic mass is 10.0. The standard InChI is InChI=1S/C14H17NO5S/c1-9-7-8-15(12(9)14(17)18)13(16)10-3-5-11(6-4-10)21(2,19)20/h3-6,9,12H,7-8H2,1-2H3,(H,17,18).